The third-order valence-electron chi connectivity index (χ3n) is 3.68. The standard InChI is InChI=1S/C14H19BrN2O/c1-17(11-7-4-2-3-5-8-11)14(18)12-9-6-10-16-13(12)15/h6,9-11H,2-5,7-8H2,1H3. The molecule has 0 aliphatic heterocycles. The van der Waals surface area contributed by atoms with Crippen LogP contribution in [-0.4, -0.2) is 28.9 Å². The van der Waals surface area contributed by atoms with Crippen molar-refractivity contribution in [3.05, 3.63) is 28.5 Å². The summed E-state index contributed by atoms with van der Waals surface area (Å²) in [4.78, 5) is 18.4. The van der Waals surface area contributed by atoms with Gasteiger partial charge in [-0.2, -0.15) is 0 Å². The number of hydrogen-bond acceptors (Lipinski definition) is 2. The van der Waals surface area contributed by atoms with Crippen LogP contribution in [0, 0.1) is 0 Å². The van der Waals surface area contributed by atoms with E-state index >= 15 is 0 Å². The average Bonchev–Trinajstić information content (AvgIpc) is 2.66. The molecule has 2 rings (SSSR count). The van der Waals surface area contributed by atoms with Gasteiger partial charge in [-0.15, -0.1) is 0 Å². The molecule has 0 atom stereocenters. The lowest BCUT2D eigenvalue weighted by Crippen LogP contribution is -2.37. The van der Waals surface area contributed by atoms with E-state index in [2.05, 4.69) is 20.9 Å². The third-order valence-corrected chi connectivity index (χ3v) is 4.31. The molecule has 1 amide bonds. The summed E-state index contributed by atoms with van der Waals surface area (Å²) in [7, 11) is 1.91. The highest BCUT2D eigenvalue weighted by Crippen LogP contribution is 2.23. The molecule has 1 saturated carbocycles. The van der Waals surface area contributed by atoms with Gasteiger partial charge < -0.3 is 4.90 Å². The van der Waals surface area contributed by atoms with Crippen LogP contribution in [0.3, 0.4) is 0 Å². The van der Waals surface area contributed by atoms with Gasteiger partial charge in [0.25, 0.3) is 5.91 Å². The van der Waals surface area contributed by atoms with E-state index in [9.17, 15) is 4.79 Å². The molecular formula is C14H19BrN2O. The Balaban J connectivity index is 2.10. The summed E-state index contributed by atoms with van der Waals surface area (Å²) in [5.74, 6) is 0.0712. The maximum absolute atomic E-state index is 12.4. The molecule has 18 heavy (non-hydrogen) atoms. The zero-order chi connectivity index (χ0) is 13.0. The Labute approximate surface area is 117 Å². The molecule has 1 aliphatic carbocycles. The number of amides is 1. The molecule has 3 nitrogen and oxygen atoms in total. The number of aromatic nitrogens is 1. The Hall–Kier alpha value is -0.900. The molecule has 0 saturated heterocycles. The molecule has 0 radical (unpaired) electrons. The molecule has 0 N–H and O–H groups in total. The number of carbonyl (C=O) groups is 1. The summed E-state index contributed by atoms with van der Waals surface area (Å²) in [5.41, 5.74) is 0.657. The molecule has 1 aromatic rings. The van der Waals surface area contributed by atoms with Gasteiger partial charge in [0.2, 0.25) is 0 Å². The summed E-state index contributed by atoms with van der Waals surface area (Å²) in [6.07, 6.45) is 9.00. The molecule has 98 valence electrons. The van der Waals surface area contributed by atoms with Crippen LogP contribution in [-0.2, 0) is 0 Å². The first kappa shape index (κ1) is 13.5. The van der Waals surface area contributed by atoms with Gasteiger partial charge in [0, 0.05) is 19.3 Å². The highest BCUT2D eigenvalue weighted by atomic mass is 79.9. The van der Waals surface area contributed by atoms with E-state index in [1.807, 2.05) is 18.0 Å². The molecular weight excluding hydrogens is 292 g/mol. The fraction of sp³-hybridized carbons (Fsp3) is 0.571. The average molecular weight is 311 g/mol. The minimum absolute atomic E-state index is 0.0712. The van der Waals surface area contributed by atoms with E-state index in [1.54, 1.807) is 12.3 Å². The van der Waals surface area contributed by atoms with E-state index in [0.29, 0.717) is 16.2 Å². The Morgan fingerprint density at radius 3 is 2.61 bits per heavy atom. The number of rotatable bonds is 2. The van der Waals surface area contributed by atoms with Gasteiger partial charge in [-0.3, -0.25) is 4.79 Å². The van der Waals surface area contributed by atoms with Crippen LogP contribution in [0.25, 0.3) is 0 Å². The lowest BCUT2D eigenvalue weighted by Gasteiger charge is -2.27. The highest BCUT2D eigenvalue weighted by molar-refractivity contribution is 9.10. The van der Waals surface area contributed by atoms with Crippen LogP contribution >= 0.6 is 15.9 Å². The molecule has 0 unspecified atom stereocenters. The monoisotopic (exact) mass is 310 g/mol. The van der Waals surface area contributed by atoms with Crippen molar-refractivity contribution in [2.45, 2.75) is 44.6 Å². The number of hydrogen-bond donors (Lipinski definition) is 0. The Morgan fingerprint density at radius 2 is 2.00 bits per heavy atom. The van der Waals surface area contributed by atoms with Gasteiger partial charge in [0.1, 0.15) is 4.60 Å². The van der Waals surface area contributed by atoms with Crippen molar-refractivity contribution in [1.82, 2.24) is 9.88 Å². The van der Waals surface area contributed by atoms with Crippen LogP contribution in [0.15, 0.2) is 22.9 Å². The van der Waals surface area contributed by atoms with Gasteiger partial charge in [-0.1, -0.05) is 25.7 Å². The van der Waals surface area contributed by atoms with Gasteiger partial charge in [-0.05, 0) is 40.9 Å². The molecule has 0 spiro atoms. The summed E-state index contributed by atoms with van der Waals surface area (Å²) in [5, 5.41) is 0. The van der Waals surface area contributed by atoms with Crippen LogP contribution in [0.2, 0.25) is 0 Å². The van der Waals surface area contributed by atoms with E-state index < -0.39 is 0 Å². The van der Waals surface area contributed by atoms with Gasteiger partial charge in [0.05, 0.1) is 5.56 Å². The van der Waals surface area contributed by atoms with Crippen molar-refractivity contribution in [3.8, 4) is 0 Å². The van der Waals surface area contributed by atoms with Gasteiger partial charge in [0.15, 0.2) is 0 Å². The maximum Gasteiger partial charge on any atom is 0.256 e. The van der Waals surface area contributed by atoms with Crippen molar-refractivity contribution in [2.75, 3.05) is 7.05 Å². The SMILES string of the molecule is CN(C(=O)c1cccnc1Br)C1CCCCCC1. The van der Waals surface area contributed by atoms with Crippen LogP contribution in [0.1, 0.15) is 48.9 Å². The number of pyridine rings is 1. The molecule has 0 aromatic carbocycles. The Kier molecular flexibility index (Phi) is 4.75. The van der Waals surface area contributed by atoms with Crippen molar-refractivity contribution >= 4 is 21.8 Å². The highest BCUT2D eigenvalue weighted by Gasteiger charge is 2.23. The second kappa shape index (κ2) is 6.32. The molecule has 1 aromatic heterocycles. The summed E-state index contributed by atoms with van der Waals surface area (Å²) >= 11 is 3.35. The summed E-state index contributed by atoms with van der Waals surface area (Å²) in [6, 6.07) is 4.01. The topological polar surface area (TPSA) is 33.2 Å². The first-order valence-electron chi connectivity index (χ1n) is 6.58. The van der Waals surface area contributed by atoms with Gasteiger partial charge >= 0.3 is 0 Å². The van der Waals surface area contributed by atoms with Crippen molar-refractivity contribution < 1.29 is 4.79 Å². The summed E-state index contributed by atoms with van der Waals surface area (Å²) < 4.78 is 0.635. The molecule has 1 aliphatic rings. The molecule has 0 bridgehead atoms. The zero-order valence-electron chi connectivity index (χ0n) is 10.7. The Bertz CT molecular complexity index is 414. The second-order valence-corrected chi connectivity index (χ2v) is 5.65. The second-order valence-electron chi connectivity index (χ2n) is 4.90. The van der Waals surface area contributed by atoms with Crippen LogP contribution < -0.4 is 0 Å². The van der Waals surface area contributed by atoms with E-state index in [1.165, 1.54) is 25.7 Å². The lowest BCUT2D eigenvalue weighted by atomic mass is 10.1. The fourth-order valence-corrected chi connectivity index (χ4v) is 2.97. The molecule has 1 fully saturated rings. The molecule has 1 heterocycles. The van der Waals surface area contributed by atoms with Gasteiger partial charge in [-0.25, -0.2) is 4.98 Å². The lowest BCUT2D eigenvalue weighted by molar-refractivity contribution is 0.0716. The smallest absolute Gasteiger partial charge is 0.256 e. The predicted molar refractivity (Wildman–Crippen MR) is 75.5 cm³/mol. The number of halogens is 1. The van der Waals surface area contributed by atoms with E-state index in [0.717, 1.165) is 12.8 Å². The van der Waals surface area contributed by atoms with Crippen LogP contribution in [0.5, 0.6) is 0 Å². The minimum atomic E-state index is 0.0712. The quantitative estimate of drug-likeness (QED) is 0.617. The Morgan fingerprint density at radius 1 is 1.33 bits per heavy atom. The van der Waals surface area contributed by atoms with Crippen molar-refractivity contribution in [2.24, 2.45) is 0 Å². The predicted octanol–water partition coefficient (Wildman–Crippen LogP) is 3.64. The fourth-order valence-electron chi connectivity index (χ4n) is 2.55. The first-order valence-corrected chi connectivity index (χ1v) is 7.37. The number of carbonyl (C=O) groups excluding carboxylic acids is 1. The minimum Gasteiger partial charge on any atom is -0.339 e. The van der Waals surface area contributed by atoms with Crippen molar-refractivity contribution in [3.63, 3.8) is 0 Å². The third kappa shape index (κ3) is 3.10. The largest absolute Gasteiger partial charge is 0.339 e. The first-order chi connectivity index (χ1) is 8.70. The van der Waals surface area contributed by atoms with E-state index in [4.69, 9.17) is 0 Å². The normalized spacial score (nSPS) is 17.2. The molecule has 4 heteroatoms. The van der Waals surface area contributed by atoms with Crippen LogP contribution in [0.4, 0.5) is 0 Å². The summed E-state index contributed by atoms with van der Waals surface area (Å²) in [6.45, 7) is 0. The maximum atomic E-state index is 12.4. The van der Waals surface area contributed by atoms with Crippen molar-refractivity contribution in [1.29, 1.82) is 0 Å². The number of nitrogens with zero attached hydrogens (tertiary/aromatic N) is 2. The zero-order valence-corrected chi connectivity index (χ0v) is 12.3. The van der Waals surface area contributed by atoms with E-state index in [-0.39, 0.29) is 5.91 Å².